The molecule has 0 bridgehead atoms. The summed E-state index contributed by atoms with van der Waals surface area (Å²) in [6, 6.07) is 8.24. The van der Waals surface area contributed by atoms with Gasteiger partial charge in [0.25, 0.3) is 0 Å². The van der Waals surface area contributed by atoms with Crippen molar-refractivity contribution >= 4 is 34.6 Å². The van der Waals surface area contributed by atoms with Crippen molar-refractivity contribution in [1.82, 2.24) is 9.47 Å². The number of rotatable bonds is 5. The predicted molar refractivity (Wildman–Crippen MR) is 121 cm³/mol. The van der Waals surface area contributed by atoms with E-state index in [9.17, 15) is 9.59 Å². The minimum absolute atomic E-state index is 0.000765. The molecule has 1 aromatic carbocycles. The average Bonchev–Trinajstić information content (AvgIpc) is 3.28. The molecule has 1 aliphatic heterocycles. The topological polar surface area (TPSA) is 54.8 Å². The molecule has 0 radical (unpaired) electrons. The van der Waals surface area contributed by atoms with Gasteiger partial charge in [0.1, 0.15) is 12.6 Å². The lowest BCUT2D eigenvalue weighted by Crippen LogP contribution is -2.53. The van der Waals surface area contributed by atoms with E-state index in [1.165, 1.54) is 15.9 Å². The number of hydrogen-bond acceptors (Lipinski definition) is 6. The van der Waals surface area contributed by atoms with Crippen molar-refractivity contribution in [3.63, 3.8) is 0 Å². The fourth-order valence-corrected chi connectivity index (χ4v) is 5.57. The fourth-order valence-electron chi connectivity index (χ4n) is 4.55. The number of thiazole rings is 1. The maximum Gasteiger partial charge on any atom is 0.326 e. The van der Waals surface area contributed by atoms with Crippen molar-refractivity contribution in [3.05, 3.63) is 49.5 Å². The molecular formula is C22H28ClN3O3S. The van der Waals surface area contributed by atoms with Crippen LogP contribution in [0.15, 0.2) is 29.1 Å². The molecular weight excluding hydrogens is 422 g/mol. The molecule has 2 aliphatic rings. The summed E-state index contributed by atoms with van der Waals surface area (Å²) in [7, 11) is 0. The molecule has 2 aromatic rings. The van der Waals surface area contributed by atoms with Gasteiger partial charge in [-0.15, -0.1) is 0 Å². The molecule has 8 heteroatoms. The summed E-state index contributed by atoms with van der Waals surface area (Å²) in [6.07, 6.45) is 2.91. The molecule has 2 fully saturated rings. The van der Waals surface area contributed by atoms with E-state index < -0.39 is 0 Å². The highest BCUT2D eigenvalue weighted by atomic mass is 35.5. The van der Waals surface area contributed by atoms with Crippen LogP contribution in [-0.2, 0) is 16.1 Å². The highest BCUT2D eigenvalue weighted by Gasteiger charge is 2.36. The zero-order valence-corrected chi connectivity index (χ0v) is 19.0. The molecule has 162 valence electrons. The quantitative estimate of drug-likeness (QED) is 0.654. The summed E-state index contributed by atoms with van der Waals surface area (Å²) in [5.41, 5.74) is 2.01. The van der Waals surface area contributed by atoms with Gasteiger partial charge in [-0.05, 0) is 51.3 Å². The number of anilines is 1. The Kier molecular flexibility index (Phi) is 6.51. The molecule has 0 N–H and O–H groups in total. The monoisotopic (exact) mass is 449 g/mol. The second-order valence-electron chi connectivity index (χ2n) is 8.13. The van der Waals surface area contributed by atoms with Crippen molar-refractivity contribution in [3.8, 4) is 0 Å². The van der Waals surface area contributed by atoms with Gasteiger partial charge in [-0.1, -0.05) is 29.0 Å². The van der Waals surface area contributed by atoms with Crippen LogP contribution in [0.2, 0.25) is 5.02 Å². The zero-order valence-electron chi connectivity index (χ0n) is 17.5. The molecule has 1 aromatic heterocycles. The average molecular weight is 450 g/mol. The number of aromatic nitrogens is 1. The predicted octanol–water partition coefficient (Wildman–Crippen LogP) is 3.47. The summed E-state index contributed by atoms with van der Waals surface area (Å²) >= 11 is 7.32. The lowest BCUT2D eigenvalue weighted by atomic mass is 10.1. The van der Waals surface area contributed by atoms with E-state index in [1.807, 2.05) is 32.0 Å². The smallest absolute Gasteiger partial charge is 0.326 e. The summed E-state index contributed by atoms with van der Waals surface area (Å²) in [5, 5.41) is 0.757. The third kappa shape index (κ3) is 4.58. The number of carbonyl (C=O) groups excluding carboxylic acids is 1. The normalized spacial score (nSPS) is 22.4. The summed E-state index contributed by atoms with van der Waals surface area (Å²) < 4.78 is 7.38. The van der Waals surface area contributed by atoms with Gasteiger partial charge >= 0.3 is 10.8 Å². The number of carbonyl (C=O) groups is 1. The van der Waals surface area contributed by atoms with E-state index in [2.05, 4.69) is 15.9 Å². The van der Waals surface area contributed by atoms with Gasteiger partial charge in [-0.25, -0.2) is 0 Å². The Morgan fingerprint density at radius 1 is 1.20 bits per heavy atom. The number of nitrogens with zero attached hydrogens (tertiary/aromatic N) is 3. The van der Waals surface area contributed by atoms with Crippen LogP contribution in [-0.4, -0.2) is 53.8 Å². The lowest BCUT2D eigenvalue weighted by molar-refractivity contribution is -0.152. The molecule has 6 nitrogen and oxygen atoms in total. The van der Waals surface area contributed by atoms with E-state index in [1.54, 1.807) is 0 Å². The molecule has 0 unspecified atom stereocenters. The Labute approximate surface area is 186 Å². The van der Waals surface area contributed by atoms with Gasteiger partial charge in [0, 0.05) is 53.5 Å². The Morgan fingerprint density at radius 3 is 2.63 bits per heavy atom. The first kappa shape index (κ1) is 21.4. The third-order valence-electron chi connectivity index (χ3n) is 6.32. The van der Waals surface area contributed by atoms with Crippen LogP contribution < -0.4 is 9.77 Å². The molecule has 1 saturated carbocycles. The van der Waals surface area contributed by atoms with E-state index in [0.717, 1.165) is 66.7 Å². The van der Waals surface area contributed by atoms with Gasteiger partial charge in [0.05, 0.1) is 0 Å². The van der Waals surface area contributed by atoms with Gasteiger partial charge in [0.15, 0.2) is 0 Å². The number of halogens is 1. The number of benzene rings is 1. The van der Waals surface area contributed by atoms with Crippen LogP contribution in [0.25, 0.3) is 0 Å². The summed E-state index contributed by atoms with van der Waals surface area (Å²) in [4.78, 5) is 30.3. The van der Waals surface area contributed by atoms with Gasteiger partial charge < -0.3 is 9.64 Å². The molecule has 2 atom stereocenters. The van der Waals surface area contributed by atoms with Crippen LogP contribution in [0.4, 0.5) is 5.69 Å². The van der Waals surface area contributed by atoms with Gasteiger partial charge in [-0.2, -0.15) is 0 Å². The number of piperazine rings is 1. The molecule has 1 aliphatic carbocycles. The van der Waals surface area contributed by atoms with Crippen LogP contribution >= 0.6 is 22.9 Å². The SMILES string of the molecule is Cc1sc(=O)n(CC(=O)O[C@@H]2CCC[C@H]2N2CCN(c3cccc(Cl)c3)CC2)c1C. The highest BCUT2D eigenvalue weighted by molar-refractivity contribution is 7.09. The largest absolute Gasteiger partial charge is 0.459 e. The van der Waals surface area contributed by atoms with Crippen LogP contribution in [0.1, 0.15) is 29.8 Å². The number of hydrogen-bond donors (Lipinski definition) is 0. The maximum absolute atomic E-state index is 12.6. The van der Waals surface area contributed by atoms with E-state index in [-0.39, 0.29) is 29.5 Å². The first-order valence-corrected chi connectivity index (χ1v) is 11.7. The second kappa shape index (κ2) is 9.12. The van der Waals surface area contributed by atoms with Crippen molar-refractivity contribution in [2.45, 2.75) is 51.8 Å². The third-order valence-corrected chi connectivity index (χ3v) is 7.55. The summed E-state index contributed by atoms with van der Waals surface area (Å²) in [6.45, 7) is 7.51. The molecule has 2 heterocycles. The Balaban J connectivity index is 1.34. The van der Waals surface area contributed by atoms with Gasteiger partial charge in [-0.3, -0.25) is 19.1 Å². The Hall–Kier alpha value is -1.83. The maximum atomic E-state index is 12.6. The van der Waals surface area contributed by atoms with Crippen LogP contribution in [0.3, 0.4) is 0 Å². The molecule has 1 saturated heterocycles. The lowest BCUT2D eigenvalue weighted by Gasteiger charge is -2.40. The molecule has 0 amide bonds. The molecule has 4 rings (SSSR count). The fraction of sp³-hybridized carbons (Fsp3) is 0.545. The first-order valence-electron chi connectivity index (χ1n) is 10.5. The van der Waals surface area contributed by atoms with Crippen molar-refractivity contribution in [2.24, 2.45) is 0 Å². The Bertz CT molecular complexity index is 965. The molecule has 0 spiro atoms. The van der Waals surface area contributed by atoms with E-state index in [0.29, 0.717) is 0 Å². The van der Waals surface area contributed by atoms with E-state index >= 15 is 0 Å². The minimum Gasteiger partial charge on any atom is -0.459 e. The number of esters is 1. The standard InChI is InChI=1S/C22H28ClN3O3S/c1-15-16(2)30-22(28)26(15)14-21(27)29-20-8-4-7-19(20)25-11-9-24(10-12-25)18-6-3-5-17(23)13-18/h3,5-6,13,19-20H,4,7-12,14H2,1-2H3/t19-,20-/m1/s1. The van der Waals surface area contributed by atoms with Gasteiger partial charge in [0.2, 0.25) is 0 Å². The van der Waals surface area contributed by atoms with E-state index in [4.69, 9.17) is 16.3 Å². The summed E-state index contributed by atoms with van der Waals surface area (Å²) in [5.74, 6) is -0.313. The first-order chi connectivity index (χ1) is 14.4. The second-order valence-corrected chi connectivity index (χ2v) is 9.73. The Morgan fingerprint density at radius 2 is 1.97 bits per heavy atom. The van der Waals surface area contributed by atoms with Crippen molar-refractivity contribution < 1.29 is 9.53 Å². The van der Waals surface area contributed by atoms with Crippen LogP contribution in [0, 0.1) is 13.8 Å². The molecule has 30 heavy (non-hydrogen) atoms. The number of aryl methyl sites for hydroxylation is 1. The zero-order chi connectivity index (χ0) is 21.3. The van der Waals surface area contributed by atoms with Crippen molar-refractivity contribution in [1.29, 1.82) is 0 Å². The highest BCUT2D eigenvalue weighted by Crippen LogP contribution is 2.29. The van der Waals surface area contributed by atoms with Crippen molar-refractivity contribution in [2.75, 3.05) is 31.1 Å². The number of ether oxygens (including phenoxy) is 1. The van der Waals surface area contributed by atoms with Crippen LogP contribution in [0.5, 0.6) is 0 Å². The minimum atomic E-state index is -0.313.